The van der Waals surface area contributed by atoms with E-state index in [4.69, 9.17) is 9.16 Å². The van der Waals surface area contributed by atoms with Crippen LogP contribution in [0.15, 0.2) is 18.3 Å². The molecule has 3 rings (SSSR count). The molecule has 2 atom stereocenters. The second-order valence-electron chi connectivity index (χ2n) is 10.7. The lowest BCUT2D eigenvalue weighted by Crippen LogP contribution is -2.42. The van der Waals surface area contributed by atoms with Crippen LogP contribution in [0.1, 0.15) is 38.3 Å². The number of aryl methyl sites for hydroxylation is 1. The molecule has 1 fully saturated rings. The largest absolute Gasteiger partial charge is 0.491 e. The molecule has 194 valence electrons. The third kappa shape index (κ3) is 6.60. The first-order chi connectivity index (χ1) is 16.8. The van der Waals surface area contributed by atoms with Crippen LogP contribution in [0.5, 0.6) is 0 Å². The number of ether oxygens (including phenoxy) is 1. The Morgan fingerprint density at radius 2 is 2.06 bits per heavy atom. The van der Waals surface area contributed by atoms with Crippen LogP contribution in [-0.2, 0) is 15.8 Å². The average Bonchev–Trinajstić information content (AvgIpc) is 2.79. The van der Waals surface area contributed by atoms with Crippen molar-refractivity contribution in [1.29, 1.82) is 5.26 Å². The Hall–Kier alpha value is -2.56. The van der Waals surface area contributed by atoms with Crippen LogP contribution < -0.4 is 16.1 Å². The minimum absolute atomic E-state index is 0.0364. The molecule has 0 radical (unpaired) electrons. The second-order valence-corrected chi connectivity index (χ2v) is 15.5. The van der Waals surface area contributed by atoms with Crippen molar-refractivity contribution in [3.8, 4) is 6.07 Å². The summed E-state index contributed by atoms with van der Waals surface area (Å²) in [5.74, 6) is -0.195. The fraction of sp³-hybridized carbons (Fsp3) is 0.542. The molecule has 0 unspecified atom stereocenters. The molecule has 1 aliphatic heterocycles. The van der Waals surface area contributed by atoms with Gasteiger partial charge in [0.1, 0.15) is 11.6 Å². The number of hydrogen-bond donors (Lipinski definition) is 4. The Morgan fingerprint density at radius 1 is 1.33 bits per heavy atom. The molecule has 2 aromatic rings. The zero-order valence-electron chi connectivity index (χ0n) is 21.7. The summed E-state index contributed by atoms with van der Waals surface area (Å²) < 4.78 is 26.7. The number of aromatic nitrogens is 2. The standard InChI is InChI=1S/C24H35BFN5O4Si/c1-15-12-28-23(31-22(15)30-20-14-34-8-7-16(20)11-27)29-18-9-17(21(25(32)33)19(26)10-18)13-35-36(5,6)24(2,3)4/h9-10,12,16,20,32-33H,7-8,13-14H2,1-6H3,(H2,28,29,30,31)/t16-,20+/m0/s1. The van der Waals surface area contributed by atoms with E-state index in [9.17, 15) is 19.7 Å². The Bertz CT molecular complexity index is 1120. The van der Waals surface area contributed by atoms with Crippen molar-refractivity contribution < 1.29 is 23.6 Å². The molecular formula is C24H35BFN5O4Si. The molecule has 0 spiro atoms. The average molecular weight is 515 g/mol. The van der Waals surface area contributed by atoms with Crippen molar-refractivity contribution in [2.45, 2.75) is 64.9 Å². The van der Waals surface area contributed by atoms with Crippen LogP contribution in [0.4, 0.5) is 21.8 Å². The normalized spacial score (nSPS) is 18.4. The fourth-order valence-electron chi connectivity index (χ4n) is 3.62. The van der Waals surface area contributed by atoms with Crippen molar-refractivity contribution in [2.24, 2.45) is 5.92 Å². The van der Waals surface area contributed by atoms with Crippen LogP contribution in [0.3, 0.4) is 0 Å². The molecule has 0 aliphatic carbocycles. The van der Waals surface area contributed by atoms with Gasteiger partial charge >= 0.3 is 7.12 Å². The molecule has 1 saturated heterocycles. The molecule has 9 nitrogen and oxygen atoms in total. The van der Waals surface area contributed by atoms with E-state index in [0.29, 0.717) is 36.7 Å². The Kier molecular flexibility index (Phi) is 8.74. The zero-order valence-corrected chi connectivity index (χ0v) is 22.7. The molecule has 36 heavy (non-hydrogen) atoms. The SMILES string of the molecule is Cc1cnc(Nc2cc(F)c(B(O)O)c(CO[Si](C)(C)C(C)(C)C)c2)nc1N[C@@H]1COCC[C@H]1C#N. The number of nitriles is 1. The van der Waals surface area contributed by atoms with E-state index in [0.717, 1.165) is 5.56 Å². The van der Waals surface area contributed by atoms with E-state index < -0.39 is 21.3 Å². The quantitative estimate of drug-likeness (QED) is 0.391. The first-order valence-electron chi connectivity index (χ1n) is 12.0. The smallest absolute Gasteiger partial charge is 0.423 e. The van der Waals surface area contributed by atoms with Crippen molar-refractivity contribution >= 4 is 38.4 Å². The van der Waals surface area contributed by atoms with Crippen molar-refractivity contribution in [3.05, 3.63) is 35.3 Å². The van der Waals surface area contributed by atoms with Crippen molar-refractivity contribution in [2.75, 3.05) is 23.8 Å². The van der Waals surface area contributed by atoms with E-state index in [2.05, 4.69) is 60.5 Å². The minimum Gasteiger partial charge on any atom is -0.423 e. The first kappa shape index (κ1) is 28.0. The van der Waals surface area contributed by atoms with Crippen LogP contribution in [0.25, 0.3) is 0 Å². The van der Waals surface area contributed by atoms with Gasteiger partial charge in [0, 0.05) is 29.5 Å². The number of halogens is 1. The van der Waals surface area contributed by atoms with E-state index in [-0.39, 0.29) is 35.0 Å². The van der Waals surface area contributed by atoms with Crippen LogP contribution in [0.2, 0.25) is 18.1 Å². The van der Waals surface area contributed by atoms with Gasteiger partial charge in [-0.25, -0.2) is 9.37 Å². The van der Waals surface area contributed by atoms with Gasteiger partial charge in [-0.05, 0) is 49.2 Å². The zero-order chi connectivity index (χ0) is 26.7. The van der Waals surface area contributed by atoms with E-state index in [1.54, 1.807) is 12.3 Å². The van der Waals surface area contributed by atoms with Crippen molar-refractivity contribution in [3.63, 3.8) is 0 Å². The molecule has 1 aromatic heterocycles. The van der Waals surface area contributed by atoms with Gasteiger partial charge in [0.25, 0.3) is 0 Å². The monoisotopic (exact) mass is 515 g/mol. The lowest BCUT2D eigenvalue weighted by Gasteiger charge is -2.36. The summed E-state index contributed by atoms with van der Waals surface area (Å²) in [5, 5.41) is 35.3. The molecule has 12 heteroatoms. The molecule has 0 saturated carbocycles. The molecule has 0 bridgehead atoms. The summed E-state index contributed by atoms with van der Waals surface area (Å²) in [7, 11) is -4.15. The Morgan fingerprint density at radius 3 is 2.69 bits per heavy atom. The number of nitrogens with zero attached hydrogens (tertiary/aromatic N) is 3. The van der Waals surface area contributed by atoms with Gasteiger partial charge in [0.15, 0.2) is 8.32 Å². The first-order valence-corrected chi connectivity index (χ1v) is 14.9. The third-order valence-corrected chi connectivity index (χ3v) is 11.4. The molecule has 1 aromatic carbocycles. The summed E-state index contributed by atoms with van der Waals surface area (Å²) in [5.41, 5.74) is 1.25. The van der Waals surface area contributed by atoms with Gasteiger partial charge in [-0.1, -0.05) is 20.8 Å². The Balaban J connectivity index is 1.85. The molecule has 2 heterocycles. The van der Waals surface area contributed by atoms with Crippen LogP contribution in [-0.4, -0.2) is 54.7 Å². The van der Waals surface area contributed by atoms with Gasteiger partial charge in [-0.15, -0.1) is 0 Å². The van der Waals surface area contributed by atoms with Gasteiger partial charge < -0.3 is 29.8 Å². The van der Waals surface area contributed by atoms with Gasteiger partial charge in [-0.3, -0.25) is 0 Å². The predicted molar refractivity (Wildman–Crippen MR) is 140 cm³/mol. The molecule has 4 N–H and O–H groups in total. The highest BCUT2D eigenvalue weighted by atomic mass is 28.4. The predicted octanol–water partition coefficient (Wildman–Crippen LogP) is 3.21. The summed E-state index contributed by atoms with van der Waals surface area (Å²) in [6.45, 7) is 13.3. The number of rotatable bonds is 8. The van der Waals surface area contributed by atoms with Gasteiger partial charge in [0.05, 0.1) is 31.2 Å². The van der Waals surface area contributed by atoms with Crippen LogP contribution in [0, 0.1) is 30.0 Å². The third-order valence-electron chi connectivity index (χ3n) is 6.94. The summed E-state index contributed by atoms with van der Waals surface area (Å²) in [6.07, 6.45) is 2.28. The topological polar surface area (TPSA) is 133 Å². The molecule has 0 amide bonds. The fourth-order valence-corrected chi connectivity index (χ4v) is 4.57. The summed E-state index contributed by atoms with van der Waals surface area (Å²) >= 11 is 0. The van der Waals surface area contributed by atoms with Crippen LogP contribution >= 0.6 is 0 Å². The van der Waals surface area contributed by atoms with Gasteiger partial charge in [-0.2, -0.15) is 10.2 Å². The molecular weight excluding hydrogens is 480 g/mol. The molecule has 1 aliphatic rings. The second kappa shape index (κ2) is 11.2. The number of anilines is 3. The van der Waals surface area contributed by atoms with E-state index in [1.165, 1.54) is 6.07 Å². The van der Waals surface area contributed by atoms with E-state index in [1.807, 2.05) is 6.92 Å². The maximum absolute atomic E-state index is 15.0. The Labute approximate surface area is 213 Å². The maximum Gasteiger partial charge on any atom is 0.491 e. The lowest BCUT2D eigenvalue weighted by atomic mass is 9.76. The minimum atomic E-state index is -2.17. The number of hydrogen-bond acceptors (Lipinski definition) is 9. The summed E-state index contributed by atoms with van der Waals surface area (Å²) in [6, 6.07) is 4.89. The highest BCUT2D eigenvalue weighted by molar-refractivity contribution is 6.74. The van der Waals surface area contributed by atoms with E-state index >= 15 is 0 Å². The summed E-state index contributed by atoms with van der Waals surface area (Å²) in [4.78, 5) is 8.82. The lowest BCUT2D eigenvalue weighted by molar-refractivity contribution is 0.0698. The highest BCUT2D eigenvalue weighted by Gasteiger charge is 2.37. The van der Waals surface area contributed by atoms with Gasteiger partial charge in [0.2, 0.25) is 5.95 Å². The number of benzene rings is 1. The number of nitrogens with one attached hydrogen (secondary N) is 2. The van der Waals surface area contributed by atoms with Crippen molar-refractivity contribution in [1.82, 2.24) is 9.97 Å². The highest BCUT2D eigenvalue weighted by Crippen LogP contribution is 2.37. The maximum atomic E-state index is 15.0.